The number of aromatic nitrogens is 2. The van der Waals surface area contributed by atoms with Gasteiger partial charge in [0.2, 0.25) is 5.89 Å². The Balaban J connectivity index is 1.67. The maximum atomic E-state index is 11.9. The summed E-state index contributed by atoms with van der Waals surface area (Å²) in [5, 5.41) is 10.3. The summed E-state index contributed by atoms with van der Waals surface area (Å²) in [6, 6.07) is 17.1. The van der Waals surface area contributed by atoms with Gasteiger partial charge in [-0.05, 0) is 29.8 Å². The standard InChI is InChI=1S/C17H12BrN3O2/c18-14-8-4-7-13(11-14)16-20-21-17(23-16)19-15(22)10-9-12-5-2-1-3-6-12/h1-11H,(H,19,21,22). The van der Waals surface area contributed by atoms with Crippen molar-refractivity contribution in [2.75, 3.05) is 5.32 Å². The van der Waals surface area contributed by atoms with E-state index in [1.165, 1.54) is 6.08 Å². The van der Waals surface area contributed by atoms with Gasteiger partial charge in [0.25, 0.3) is 5.91 Å². The highest BCUT2D eigenvalue weighted by atomic mass is 79.9. The molecular formula is C17H12BrN3O2. The van der Waals surface area contributed by atoms with Crippen molar-refractivity contribution >= 4 is 33.9 Å². The summed E-state index contributed by atoms with van der Waals surface area (Å²) in [6.07, 6.45) is 3.12. The number of hydrogen-bond acceptors (Lipinski definition) is 4. The van der Waals surface area contributed by atoms with Crippen molar-refractivity contribution in [1.82, 2.24) is 10.2 Å². The van der Waals surface area contributed by atoms with Gasteiger partial charge in [-0.1, -0.05) is 57.4 Å². The van der Waals surface area contributed by atoms with E-state index in [9.17, 15) is 4.79 Å². The predicted molar refractivity (Wildman–Crippen MR) is 91.5 cm³/mol. The molecule has 3 rings (SSSR count). The lowest BCUT2D eigenvalue weighted by Crippen LogP contribution is -2.07. The number of anilines is 1. The highest BCUT2D eigenvalue weighted by Gasteiger charge is 2.10. The predicted octanol–water partition coefficient (Wildman–Crippen LogP) is 4.15. The number of halogens is 1. The van der Waals surface area contributed by atoms with Gasteiger partial charge in [0.1, 0.15) is 0 Å². The Bertz CT molecular complexity index is 844. The minimum absolute atomic E-state index is 0.0580. The highest BCUT2D eigenvalue weighted by molar-refractivity contribution is 9.10. The van der Waals surface area contributed by atoms with Gasteiger partial charge in [-0.15, -0.1) is 5.10 Å². The zero-order valence-corrected chi connectivity index (χ0v) is 13.5. The lowest BCUT2D eigenvalue weighted by Gasteiger charge is -1.96. The van der Waals surface area contributed by atoms with E-state index < -0.39 is 0 Å². The second kappa shape index (κ2) is 7.02. The molecule has 114 valence electrons. The third-order valence-corrected chi connectivity index (χ3v) is 3.45. The van der Waals surface area contributed by atoms with E-state index in [4.69, 9.17) is 4.42 Å². The second-order valence-corrected chi connectivity index (χ2v) is 5.57. The van der Waals surface area contributed by atoms with Crippen LogP contribution in [0.4, 0.5) is 6.01 Å². The quantitative estimate of drug-likeness (QED) is 0.701. The maximum Gasteiger partial charge on any atom is 0.322 e. The number of amides is 1. The molecule has 0 saturated heterocycles. The third kappa shape index (κ3) is 4.14. The zero-order chi connectivity index (χ0) is 16.1. The first-order valence-corrected chi connectivity index (χ1v) is 7.63. The van der Waals surface area contributed by atoms with E-state index in [1.807, 2.05) is 54.6 Å². The molecule has 0 aliphatic heterocycles. The van der Waals surface area contributed by atoms with Crippen LogP contribution in [0.2, 0.25) is 0 Å². The van der Waals surface area contributed by atoms with E-state index in [0.717, 1.165) is 15.6 Å². The minimum atomic E-state index is -0.335. The topological polar surface area (TPSA) is 68.0 Å². The number of rotatable bonds is 4. The molecule has 0 atom stereocenters. The van der Waals surface area contributed by atoms with Gasteiger partial charge in [-0.3, -0.25) is 10.1 Å². The number of hydrogen-bond donors (Lipinski definition) is 1. The summed E-state index contributed by atoms with van der Waals surface area (Å²) in [7, 11) is 0. The van der Waals surface area contributed by atoms with Crippen LogP contribution in [0.5, 0.6) is 0 Å². The van der Waals surface area contributed by atoms with Gasteiger partial charge in [-0.25, -0.2) is 0 Å². The van der Waals surface area contributed by atoms with Crippen LogP contribution in [0.1, 0.15) is 5.56 Å². The molecule has 0 aliphatic rings. The fraction of sp³-hybridized carbons (Fsp3) is 0. The maximum absolute atomic E-state index is 11.9. The van der Waals surface area contributed by atoms with Crippen LogP contribution < -0.4 is 5.32 Å². The van der Waals surface area contributed by atoms with Crippen molar-refractivity contribution in [1.29, 1.82) is 0 Å². The first kappa shape index (κ1) is 15.2. The first-order valence-electron chi connectivity index (χ1n) is 6.84. The van der Waals surface area contributed by atoms with Crippen LogP contribution >= 0.6 is 15.9 Å². The van der Waals surface area contributed by atoms with Crippen LogP contribution in [-0.4, -0.2) is 16.1 Å². The van der Waals surface area contributed by atoms with E-state index in [2.05, 4.69) is 31.4 Å². The molecule has 0 fully saturated rings. The van der Waals surface area contributed by atoms with Crippen LogP contribution in [-0.2, 0) is 4.79 Å². The molecule has 0 radical (unpaired) electrons. The summed E-state index contributed by atoms with van der Waals surface area (Å²) < 4.78 is 6.35. The Morgan fingerprint density at radius 2 is 1.91 bits per heavy atom. The number of carbonyl (C=O) groups excluding carboxylic acids is 1. The molecule has 5 nitrogen and oxygen atoms in total. The van der Waals surface area contributed by atoms with Crippen LogP contribution in [0.25, 0.3) is 17.5 Å². The average molecular weight is 370 g/mol. The highest BCUT2D eigenvalue weighted by Crippen LogP contribution is 2.22. The molecule has 2 aromatic carbocycles. The van der Waals surface area contributed by atoms with Crippen molar-refractivity contribution < 1.29 is 9.21 Å². The molecule has 0 bridgehead atoms. The Labute approximate surface area is 141 Å². The molecular weight excluding hydrogens is 358 g/mol. The summed E-state index contributed by atoms with van der Waals surface area (Å²) in [5.74, 6) is 0.00642. The summed E-state index contributed by atoms with van der Waals surface area (Å²) in [4.78, 5) is 11.9. The average Bonchev–Trinajstić information content (AvgIpc) is 3.02. The SMILES string of the molecule is O=C(C=Cc1ccccc1)Nc1nnc(-c2cccc(Br)c2)o1. The van der Waals surface area contributed by atoms with E-state index in [-0.39, 0.29) is 11.9 Å². The van der Waals surface area contributed by atoms with Gasteiger partial charge in [-0.2, -0.15) is 0 Å². The molecule has 1 aromatic heterocycles. The van der Waals surface area contributed by atoms with Crippen molar-refractivity contribution in [2.45, 2.75) is 0 Å². The molecule has 1 heterocycles. The van der Waals surface area contributed by atoms with Gasteiger partial charge < -0.3 is 4.42 Å². The van der Waals surface area contributed by atoms with Gasteiger partial charge in [0.05, 0.1) is 0 Å². The van der Waals surface area contributed by atoms with Crippen LogP contribution in [0, 0.1) is 0 Å². The van der Waals surface area contributed by atoms with Crippen molar-refractivity contribution in [3.63, 3.8) is 0 Å². The lowest BCUT2D eigenvalue weighted by molar-refractivity contribution is -0.112. The summed E-state index contributed by atoms with van der Waals surface area (Å²) in [6.45, 7) is 0. The molecule has 1 amide bonds. The fourth-order valence-corrected chi connectivity index (χ4v) is 2.29. The fourth-order valence-electron chi connectivity index (χ4n) is 1.90. The monoisotopic (exact) mass is 369 g/mol. The smallest absolute Gasteiger partial charge is 0.322 e. The number of benzene rings is 2. The lowest BCUT2D eigenvalue weighted by atomic mass is 10.2. The molecule has 0 aliphatic carbocycles. The Kier molecular flexibility index (Phi) is 4.63. The number of nitrogens with zero attached hydrogens (tertiary/aromatic N) is 2. The Morgan fingerprint density at radius 1 is 1.09 bits per heavy atom. The largest absolute Gasteiger partial charge is 0.403 e. The summed E-state index contributed by atoms with van der Waals surface area (Å²) in [5.41, 5.74) is 1.70. The zero-order valence-electron chi connectivity index (χ0n) is 11.9. The molecule has 1 N–H and O–H groups in total. The van der Waals surface area contributed by atoms with Crippen molar-refractivity contribution in [2.24, 2.45) is 0 Å². The molecule has 0 spiro atoms. The van der Waals surface area contributed by atoms with E-state index >= 15 is 0 Å². The van der Waals surface area contributed by atoms with Crippen LogP contribution in [0.15, 0.2) is 69.6 Å². The Hall–Kier alpha value is -2.73. The van der Waals surface area contributed by atoms with Crippen LogP contribution in [0.3, 0.4) is 0 Å². The van der Waals surface area contributed by atoms with Crippen molar-refractivity contribution in [3.8, 4) is 11.5 Å². The molecule has 0 saturated carbocycles. The molecule has 3 aromatic rings. The molecule has 6 heteroatoms. The first-order chi connectivity index (χ1) is 11.2. The van der Waals surface area contributed by atoms with Gasteiger partial charge in [0, 0.05) is 16.1 Å². The number of carbonyl (C=O) groups is 1. The van der Waals surface area contributed by atoms with Gasteiger partial charge >= 0.3 is 6.01 Å². The normalized spacial score (nSPS) is 10.8. The van der Waals surface area contributed by atoms with Crippen molar-refractivity contribution in [3.05, 3.63) is 70.7 Å². The van der Waals surface area contributed by atoms with E-state index in [1.54, 1.807) is 6.08 Å². The van der Waals surface area contributed by atoms with E-state index in [0.29, 0.717) is 5.89 Å². The minimum Gasteiger partial charge on any atom is -0.403 e. The summed E-state index contributed by atoms with van der Waals surface area (Å²) >= 11 is 3.38. The Morgan fingerprint density at radius 3 is 2.70 bits per heavy atom. The third-order valence-electron chi connectivity index (χ3n) is 2.95. The molecule has 23 heavy (non-hydrogen) atoms. The molecule has 0 unspecified atom stereocenters. The second-order valence-electron chi connectivity index (χ2n) is 4.66. The number of nitrogens with one attached hydrogen (secondary N) is 1. The van der Waals surface area contributed by atoms with Gasteiger partial charge in [0.15, 0.2) is 0 Å².